The van der Waals surface area contributed by atoms with Gasteiger partial charge in [-0.25, -0.2) is 29.3 Å². The highest BCUT2D eigenvalue weighted by atomic mass is 19.1. The predicted molar refractivity (Wildman–Crippen MR) is 145 cm³/mol. The zero-order valence-corrected chi connectivity index (χ0v) is 21.4. The van der Waals surface area contributed by atoms with E-state index in [1.807, 2.05) is 66.9 Å². The minimum absolute atomic E-state index is 0.335. The lowest BCUT2D eigenvalue weighted by atomic mass is 10.0. The van der Waals surface area contributed by atoms with Crippen LogP contribution < -0.4 is 15.4 Å². The molecule has 0 amide bonds. The van der Waals surface area contributed by atoms with Crippen LogP contribution in [0.25, 0.3) is 22.1 Å². The van der Waals surface area contributed by atoms with Crippen molar-refractivity contribution in [2.75, 3.05) is 30.8 Å². The Balaban J connectivity index is 1.21. The zero-order valence-electron chi connectivity index (χ0n) is 21.4. The average molecular weight is 514 g/mol. The van der Waals surface area contributed by atoms with Crippen LogP contribution in [0.5, 0.6) is 11.5 Å². The van der Waals surface area contributed by atoms with Gasteiger partial charge < -0.3 is 24.8 Å². The number of alkyl halides is 1. The smallest absolute Gasteiger partial charge is 0.223 e. The second-order valence-corrected chi connectivity index (χ2v) is 9.68. The highest BCUT2D eigenvalue weighted by Gasteiger charge is 2.28. The molecule has 2 unspecified atom stereocenters. The highest BCUT2D eigenvalue weighted by molar-refractivity contribution is 5.87. The number of ether oxygens (including phenoxy) is 1. The van der Waals surface area contributed by atoms with Crippen molar-refractivity contribution in [1.29, 1.82) is 0 Å². The first-order valence-electron chi connectivity index (χ1n) is 12.5. The SMILES string of the molecule is Cc1cc(Nc2ncnc3cnc(NC4CCN(C)CC4F)nc23)ccc1Oc1ccc2c(c1)ncn2C. The topological polar surface area (TPSA) is 106 Å². The largest absolute Gasteiger partial charge is 0.457 e. The zero-order chi connectivity index (χ0) is 26.2. The van der Waals surface area contributed by atoms with Crippen LogP contribution in [-0.4, -0.2) is 66.7 Å². The van der Waals surface area contributed by atoms with Gasteiger partial charge in [-0.15, -0.1) is 0 Å². The van der Waals surface area contributed by atoms with E-state index >= 15 is 0 Å². The Kier molecular flexibility index (Phi) is 6.20. The Morgan fingerprint density at radius 3 is 2.76 bits per heavy atom. The Labute approximate surface area is 218 Å². The molecule has 11 heteroatoms. The summed E-state index contributed by atoms with van der Waals surface area (Å²) >= 11 is 0. The molecule has 1 fully saturated rings. The number of nitrogens with one attached hydrogen (secondary N) is 2. The summed E-state index contributed by atoms with van der Waals surface area (Å²) in [5.41, 5.74) is 4.84. The van der Waals surface area contributed by atoms with Gasteiger partial charge in [-0.05, 0) is 56.3 Å². The number of imidazole rings is 1. The van der Waals surface area contributed by atoms with Gasteiger partial charge >= 0.3 is 0 Å². The van der Waals surface area contributed by atoms with Crippen molar-refractivity contribution in [3.8, 4) is 11.5 Å². The maximum absolute atomic E-state index is 14.5. The number of benzene rings is 2. The summed E-state index contributed by atoms with van der Waals surface area (Å²) in [6, 6.07) is 11.3. The van der Waals surface area contributed by atoms with E-state index in [9.17, 15) is 4.39 Å². The molecule has 0 aliphatic carbocycles. The molecule has 1 saturated heterocycles. The molecule has 2 aromatic carbocycles. The summed E-state index contributed by atoms with van der Waals surface area (Å²) in [7, 11) is 3.89. The van der Waals surface area contributed by atoms with Crippen LogP contribution in [0.1, 0.15) is 12.0 Å². The fourth-order valence-electron chi connectivity index (χ4n) is 4.68. The first kappa shape index (κ1) is 24.0. The molecule has 2 N–H and O–H groups in total. The summed E-state index contributed by atoms with van der Waals surface area (Å²) in [4.78, 5) is 24.0. The standard InChI is InChI=1S/C27H28FN9O/c1-16-10-17(4-7-24(16)38-18-5-6-23-21(11-18)32-15-37(23)3)33-26-25-22(30-14-31-26)12-29-27(35-25)34-20-8-9-36(2)13-19(20)28/h4-7,10-12,14-15,19-20H,8-9,13H2,1-3H3,(H,29,34,35)(H,30,31,33). The summed E-state index contributed by atoms with van der Waals surface area (Å²) in [5, 5.41) is 6.49. The number of fused-ring (bicyclic) bond motifs is 2. The number of hydrogen-bond acceptors (Lipinski definition) is 9. The number of piperidine rings is 1. The first-order chi connectivity index (χ1) is 18.4. The van der Waals surface area contributed by atoms with Crippen molar-refractivity contribution in [2.24, 2.45) is 7.05 Å². The molecule has 194 valence electrons. The predicted octanol–water partition coefficient (Wildman–Crippen LogP) is 4.60. The van der Waals surface area contributed by atoms with E-state index in [-0.39, 0.29) is 6.04 Å². The second-order valence-electron chi connectivity index (χ2n) is 9.68. The van der Waals surface area contributed by atoms with Crippen LogP contribution in [0.3, 0.4) is 0 Å². The molecule has 3 aromatic heterocycles. The number of aromatic nitrogens is 6. The summed E-state index contributed by atoms with van der Waals surface area (Å²) in [6.45, 7) is 3.19. The quantitative estimate of drug-likeness (QED) is 0.337. The lowest BCUT2D eigenvalue weighted by Crippen LogP contribution is -2.46. The molecule has 10 nitrogen and oxygen atoms in total. The Hall–Kier alpha value is -4.38. The van der Waals surface area contributed by atoms with Gasteiger partial charge in [0.1, 0.15) is 35.0 Å². The maximum Gasteiger partial charge on any atom is 0.223 e. The van der Waals surface area contributed by atoms with Gasteiger partial charge in [0.2, 0.25) is 5.95 Å². The first-order valence-corrected chi connectivity index (χ1v) is 12.5. The van der Waals surface area contributed by atoms with Crippen LogP contribution >= 0.6 is 0 Å². The lowest BCUT2D eigenvalue weighted by Gasteiger charge is -2.32. The molecule has 1 aliphatic heterocycles. The molecule has 0 bridgehead atoms. The van der Waals surface area contributed by atoms with Crippen molar-refractivity contribution < 1.29 is 9.13 Å². The van der Waals surface area contributed by atoms with Crippen molar-refractivity contribution in [1.82, 2.24) is 34.4 Å². The van der Waals surface area contributed by atoms with Gasteiger partial charge in [0, 0.05) is 31.9 Å². The van der Waals surface area contributed by atoms with E-state index in [1.54, 1.807) is 12.5 Å². The van der Waals surface area contributed by atoms with Crippen LogP contribution in [-0.2, 0) is 7.05 Å². The van der Waals surface area contributed by atoms with E-state index in [1.165, 1.54) is 6.33 Å². The van der Waals surface area contributed by atoms with E-state index < -0.39 is 6.17 Å². The Bertz CT molecular complexity index is 1620. The summed E-state index contributed by atoms with van der Waals surface area (Å²) in [5.74, 6) is 2.36. The second kappa shape index (κ2) is 9.82. The third-order valence-electron chi connectivity index (χ3n) is 6.80. The number of nitrogens with zero attached hydrogens (tertiary/aromatic N) is 7. The number of aryl methyl sites for hydroxylation is 2. The highest BCUT2D eigenvalue weighted by Crippen LogP contribution is 2.31. The molecule has 0 radical (unpaired) electrons. The van der Waals surface area contributed by atoms with Crippen molar-refractivity contribution in [3.63, 3.8) is 0 Å². The molecular weight excluding hydrogens is 485 g/mol. The summed E-state index contributed by atoms with van der Waals surface area (Å²) in [6.07, 6.45) is 4.56. The molecule has 4 heterocycles. The number of rotatable bonds is 6. The molecule has 38 heavy (non-hydrogen) atoms. The number of hydrogen-bond donors (Lipinski definition) is 2. The third-order valence-corrected chi connectivity index (χ3v) is 6.80. The van der Waals surface area contributed by atoms with Crippen LogP contribution in [0, 0.1) is 6.92 Å². The van der Waals surface area contributed by atoms with Crippen molar-refractivity contribution in [2.45, 2.75) is 25.6 Å². The maximum atomic E-state index is 14.5. The van der Waals surface area contributed by atoms with Gasteiger partial charge in [-0.3, -0.25) is 0 Å². The summed E-state index contributed by atoms with van der Waals surface area (Å²) < 4.78 is 22.6. The molecule has 0 spiro atoms. The van der Waals surface area contributed by atoms with Gasteiger partial charge in [-0.2, -0.15) is 0 Å². The lowest BCUT2D eigenvalue weighted by molar-refractivity contribution is 0.149. The molecule has 6 rings (SSSR count). The number of halogens is 1. The molecule has 2 atom stereocenters. The molecular formula is C27H28FN9O. The average Bonchev–Trinajstić information content (AvgIpc) is 3.27. The minimum Gasteiger partial charge on any atom is -0.457 e. The monoisotopic (exact) mass is 513 g/mol. The van der Waals surface area contributed by atoms with E-state index in [4.69, 9.17) is 4.74 Å². The molecule has 5 aromatic rings. The van der Waals surface area contributed by atoms with E-state index in [2.05, 4.69) is 35.6 Å². The number of anilines is 3. The minimum atomic E-state index is -0.993. The van der Waals surface area contributed by atoms with Gasteiger partial charge in [-0.1, -0.05) is 0 Å². The van der Waals surface area contributed by atoms with Crippen molar-refractivity contribution >= 4 is 39.5 Å². The molecule has 0 saturated carbocycles. The fourth-order valence-corrected chi connectivity index (χ4v) is 4.68. The van der Waals surface area contributed by atoms with Crippen LogP contribution in [0.15, 0.2) is 55.2 Å². The third kappa shape index (κ3) is 4.80. The normalized spacial score (nSPS) is 18.1. The molecule has 1 aliphatic rings. The Morgan fingerprint density at radius 2 is 1.92 bits per heavy atom. The van der Waals surface area contributed by atoms with Crippen molar-refractivity contribution in [3.05, 3.63) is 60.8 Å². The van der Waals surface area contributed by atoms with Gasteiger partial charge in [0.25, 0.3) is 0 Å². The van der Waals surface area contributed by atoms with Crippen LogP contribution in [0.2, 0.25) is 0 Å². The van der Waals surface area contributed by atoms with E-state index in [0.29, 0.717) is 35.8 Å². The van der Waals surface area contributed by atoms with Gasteiger partial charge in [0.15, 0.2) is 5.82 Å². The fraction of sp³-hybridized carbons (Fsp3) is 0.296. The van der Waals surface area contributed by atoms with Crippen LogP contribution in [0.4, 0.5) is 21.8 Å². The Morgan fingerprint density at radius 1 is 1.03 bits per heavy atom. The van der Waals surface area contributed by atoms with Gasteiger partial charge in [0.05, 0.1) is 29.6 Å². The van der Waals surface area contributed by atoms with E-state index in [0.717, 1.165) is 40.3 Å². The number of likely N-dealkylation sites (tertiary alicyclic amines) is 1.